The van der Waals surface area contributed by atoms with Gasteiger partial charge < -0.3 is 5.32 Å². The summed E-state index contributed by atoms with van der Waals surface area (Å²) in [7, 11) is 0. The fourth-order valence-electron chi connectivity index (χ4n) is 2.67. The number of nitrogens with one attached hydrogen (secondary N) is 1. The number of carbonyl (C=O) groups excluding carboxylic acids is 1. The summed E-state index contributed by atoms with van der Waals surface area (Å²) >= 11 is 0. The summed E-state index contributed by atoms with van der Waals surface area (Å²) in [6, 6.07) is 11.1. The predicted octanol–water partition coefficient (Wildman–Crippen LogP) is 5.07. The maximum Gasteiger partial charge on any atom is 0.220 e. The molecular formula is C21H25F2NO. The second kappa shape index (κ2) is 7.77. The summed E-state index contributed by atoms with van der Waals surface area (Å²) in [6.07, 6.45) is 0.941. The van der Waals surface area contributed by atoms with Gasteiger partial charge in [0.15, 0.2) is 0 Å². The highest BCUT2D eigenvalue weighted by Gasteiger charge is 2.15. The lowest BCUT2D eigenvalue weighted by molar-refractivity contribution is -0.121. The molecule has 0 saturated heterocycles. The topological polar surface area (TPSA) is 29.1 Å². The number of rotatable bonds is 5. The molecule has 1 amide bonds. The van der Waals surface area contributed by atoms with Gasteiger partial charge in [0.25, 0.3) is 0 Å². The Morgan fingerprint density at radius 3 is 2.28 bits per heavy atom. The molecule has 2 aromatic rings. The van der Waals surface area contributed by atoms with Gasteiger partial charge in [-0.3, -0.25) is 4.79 Å². The monoisotopic (exact) mass is 345 g/mol. The summed E-state index contributed by atoms with van der Waals surface area (Å²) in [4.78, 5) is 12.1. The molecule has 25 heavy (non-hydrogen) atoms. The van der Waals surface area contributed by atoms with Crippen molar-refractivity contribution < 1.29 is 13.6 Å². The van der Waals surface area contributed by atoms with Crippen LogP contribution in [0.5, 0.6) is 0 Å². The van der Waals surface area contributed by atoms with E-state index in [4.69, 9.17) is 0 Å². The molecule has 0 saturated carbocycles. The van der Waals surface area contributed by atoms with Crippen LogP contribution >= 0.6 is 0 Å². The van der Waals surface area contributed by atoms with E-state index in [1.165, 1.54) is 17.7 Å². The van der Waals surface area contributed by atoms with Gasteiger partial charge in [-0.15, -0.1) is 0 Å². The van der Waals surface area contributed by atoms with E-state index >= 15 is 0 Å². The van der Waals surface area contributed by atoms with E-state index in [-0.39, 0.29) is 16.9 Å². The van der Waals surface area contributed by atoms with Gasteiger partial charge in [0.1, 0.15) is 11.6 Å². The van der Waals surface area contributed by atoms with Gasteiger partial charge >= 0.3 is 0 Å². The molecular weight excluding hydrogens is 320 g/mol. The van der Waals surface area contributed by atoms with Gasteiger partial charge in [-0.25, -0.2) is 8.78 Å². The third-order valence-electron chi connectivity index (χ3n) is 4.27. The van der Waals surface area contributed by atoms with Crippen LogP contribution in [-0.2, 0) is 16.6 Å². The Morgan fingerprint density at radius 1 is 1.08 bits per heavy atom. The average Bonchev–Trinajstić information content (AvgIpc) is 2.52. The molecule has 1 unspecified atom stereocenters. The van der Waals surface area contributed by atoms with Crippen molar-refractivity contribution in [3.05, 3.63) is 70.8 Å². The second-order valence-corrected chi connectivity index (χ2v) is 7.40. The standard InChI is InChI=1S/C21H25F2NO/c1-14(18-11-10-17(22)13-19(18)23)24-20(25)12-7-15-5-8-16(9-6-15)21(2,3)4/h5-6,8-11,13-14H,7,12H2,1-4H3,(H,24,25). The molecule has 0 fully saturated rings. The molecule has 0 spiro atoms. The lowest BCUT2D eigenvalue weighted by atomic mass is 9.86. The van der Waals surface area contributed by atoms with Crippen LogP contribution in [0, 0.1) is 11.6 Å². The molecule has 0 aromatic heterocycles. The first-order chi connectivity index (χ1) is 11.7. The molecule has 0 aliphatic rings. The van der Waals surface area contributed by atoms with Gasteiger partial charge in [-0.1, -0.05) is 51.1 Å². The third-order valence-corrected chi connectivity index (χ3v) is 4.27. The van der Waals surface area contributed by atoms with Crippen molar-refractivity contribution in [3.8, 4) is 0 Å². The largest absolute Gasteiger partial charge is 0.349 e. The predicted molar refractivity (Wildman–Crippen MR) is 96.4 cm³/mol. The van der Waals surface area contributed by atoms with Crippen LogP contribution in [0.1, 0.15) is 56.8 Å². The van der Waals surface area contributed by atoms with Crippen molar-refractivity contribution in [3.63, 3.8) is 0 Å². The van der Waals surface area contributed by atoms with Crippen LogP contribution in [0.2, 0.25) is 0 Å². The Labute approximate surface area is 148 Å². The minimum absolute atomic E-state index is 0.102. The van der Waals surface area contributed by atoms with E-state index in [0.717, 1.165) is 11.6 Å². The first-order valence-electron chi connectivity index (χ1n) is 8.50. The Balaban J connectivity index is 1.90. The van der Waals surface area contributed by atoms with Crippen LogP contribution in [0.15, 0.2) is 42.5 Å². The fourth-order valence-corrected chi connectivity index (χ4v) is 2.67. The van der Waals surface area contributed by atoms with Gasteiger partial charge in [0.05, 0.1) is 6.04 Å². The fraction of sp³-hybridized carbons (Fsp3) is 0.381. The second-order valence-electron chi connectivity index (χ2n) is 7.40. The lowest BCUT2D eigenvalue weighted by Gasteiger charge is -2.19. The maximum absolute atomic E-state index is 13.7. The summed E-state index contributed by atoms with van der Waals surface area (Å²) in [6.45, 7) is 8.16. The maximum atomic E-state index is 13.7. The van der Waals surface area contributed by atoms with Crippen LogP contribution in [-0.4, -0.2) is 5.91 Å². The number of hydrogen-bond donors (Lipinski definition) is 1. The van der Waals surface area contributed by atoms with Gasteiger partial charge in [0.2, 0.25) is 5.91 Å². The molecule has 0 heterocycles. The zero-order valence-electron chi connectivity index (χ0n) is 15.2. The smallest absolute Gasteiger partial charge is 0.220 e. The molecule has 1 atom stereocenters. The van der Waals surface area contributed by atoms with Crippen molar-refractivity contribution in [1.82, 2.24) is 5.32 Å². The molecule has 2 aromatic carbocycles. The summed E-state index contributed by atoms with van der Waals surface area (Å²) in [5.41, 5.74) is 2.72. The molecule has 2 nitrogen and oxygen atoms in total. The zero-order valence-corrected chi connectivity index (χ0v) is 15.2. The van der Waals surface area contributed by atoms with Crippen LogP contribution in [0.4, 0.5) is 8.78 Å². The van der Waals surface area contributed by atoms with Gasteiger partial charge in [-0.05, 0) is 36.0 Å². The Bertz CT molecular complexity index is 733. The van der Waals surface area contributed by atoms with Crippen molar-refractivity contribution >= 4 is 5.91 Å². The van der Waals surface area contributed by atoms with E-state index in [1.807, 2.05) is 12.1 Å². The molecule has 2 rings (SSSR count). The van der Waals surface area contributed by atoms with E-state index in [2.05, 4.69) is 38.2 Å². The molecule has 1 N–H and O–H groups in total. The minimum Gasteiger partial charge on any atom is -0.349 e. The number of carbonyl (C=O) groups is 1. The number of amides is 1. The van der Waals surface area contributed by atoms with E-state index in [1.54, 1.807) is 6.92 Å². The minimum atomic E-state index is -0.648. The van der Waals surface area contributed by atoms with Gasteiger partial charge in [-0.2, -0.15) is 0 Å². The highest BCUT2D eigenvalue weighted by Crippen LogP contribution is 2.22. The van der Waals surface area contributed by atoms with Crippen molar-refractivity contribution in [1.29, 1.82) is 0 Å². The molecule has 4 heteroatoms. The highest BCUT2D eigenvalue weighted by atomic mass is 19.1. The lowest BCUT2D eigenvalue weighted by Crippen LogP contribution is -2.27. The highest BCUT2D eigenvalue weighted by molar-refractivity contribution is 5.76. The first kappa shape index (κ1) is 19.1. The summed E-state index contributed by atoms with van der Waals surface area (Å²) in [5, 5.41) is 2.76. The van der Waals surface area contributed by atoms with Gasteiger partial charge in [0, 0.05) is 18.1 Å². The Kier molecular flexibility index (Phi) is 5.93. The SMILES string of the molecule is CC(NC(=O)CCc1ccc(C(C)(C)C)cc1)c1ccc(F)cc1F. The normalized spacial score (nSPS) is 12.7. The van der Waals surface area contributed by atoms with E-state index in [0.29, 0.717) is 12.8 Å². The zero-order chi connectivity index (χ0) is 18.6. The number of benzene rings is 2. The molecule has 0 bridgehead atoms. The van der Waals surface area contributed by atoms with Crippen molar-refractivity contribution in [2.24, 2.45) is 0 Å². The van der Waals surface area contributed by atoms with Crippen LogP contribution in [0.25, 0.3) is 0 Å². The number of halogens is 2. The van der Waals surface area contributed by atoms with E-state index < -0.39 is 17.7 Å². The Morgan fingerprint density at radius 2 is 1.72 bits per heavy atom. The summed E-state index contributed by atoms with van der Waals surface area (Å²) in [5.74, 6) is -1.43. The summed E-state index contributed by atoms with van der Waals surface area (Å²) < 4.78 is 26.7. The number of hydrogen-bond acceptors (Lipinski definition) is 1. The van der Waals surface area contributed by atoms with Crippen molar-refractivity contribution in [2.45, 2.75) is 52.0 Å². The molecule has 0 radical (unpaired) electrons. The Hall–Kier alpha value is -2.23. The third kappa shape index (κ3) is 5.38. The molecule has 0 aliphatic carbocycles. The molecule has 0 aliphatic heterocycles. The van der Waals surface area contributed by atoms with Crippen LogP contribution < -0.4 is 5.32 Å². The quantitative estimate of drug-likeness (QED) is 0.805. The first-order valence-corrected chi connectivity index (χ1v) is 8.50. The average molecular weight is 345 g/mol. The van der Waals surface area contributed by atoms with Crippen LogP contribution in [0.3, 0.4) is 0 Å². The molecule has 134 valence electrons. The van der Waals surface area contributed by atoms with Crippen molar-refractivity contribution in [2.75, 3.05) is 0 Å². The number of aryl methyl sites for hydroxylation is 1. The van der Waals surface area contributed by atoms with E-state index in [9.17, 15) is 13.6 Å².